The van der Waals surface area contributed by atoms with Crippen LogP contribution in [-0.2, 0) is 14.3 Å². The van der Waals surface area contributed by atoms with Gasteiger partial charge in [-0.05, 0) is 11.8 Å². The van der Waals surface area contributed by atoms with Crippen LogP contribution >= 0.6 is 0 Å². The summed E-state index contributed by atoms with van der Waals surface area (Å²) in [6.45, 7) is 7.79. The summed E-state index contributed by atoms with van der Waals surface area (Å²) in [4.78, 5) is 24.9. The highest BCUT2D eigenvalue weighted by Crippen LogP contribution is 2.13. The molecule has 1 atom stereocenters. The molecule has 0 aromatic rings. The van der Waals surface area contributed by atoms with Gasteiger partial charge in [0, 0.05) is 7.05 Å². The van der Waals surface area contributed by atoms with Crippen LogP contribution in [0.1, 0.15) is 27.7 Å². The van der Waals surface area contributed by atoms with Crippen molar-refractivity contribution in [1.82, 2.24) is 4.90 Å². The summed E-state index contributed by atoms with van der Waals surface area (Å²) in [5.74, 6) is 1.94. The first kappa shape index (κ1) is 17.3. The van der Waals surface area contributed by atoms with E-state index >= 15 is 0 Å². The first-order valence-electron chi connectivity index (χ1n) is 6.30. The van der Waals surface area contributed by atoms with Gasteiger partial charge in [-0.2, -0.15) is 0 Å². The number of likely N-dealkylation sites (N-methyl/N-ethyl adjacent to an activating group) is 1. The summed E-state index contributed by atoms with van der Waals surface area (Å²) in [6, 6.07) is -0.677. The van der Waals surface area contributed by atoms with E-state index in [9.17, 15) is 9.59 Å². The predicted octanol–water partition coefficient (Wildman–Crippen LogP) is 1.91. The summed E-state index contributed by atoms with van der Waals surface area (Å²) in [5, 5.41) is 0. The lowest BCUT2D eigenvalue weighted by Gasteiger charge is -2.28. The second-order valence-electron chi connectivity index (χ2n) is 5.08. The van der Waals surface area contributed by atoms with Gasteiger partial charge in [-0.15, -0.1) is 6.42 Å². The highest BCUT2D eigenvalue weighted by molar-refractivity contribution is 5.81. The van der Waals surface area contributed by atoms with Crippen molar-refractivity contribution in [3.05, 3.63) is 0 Å². The third-order valence-corrected chi connectivity index (χ3v) is 2.42. The first-order chi connectivity index (χ1) is 8.81. The monoisotopic (exact) mass is 269 g/mol. The van der Waals surface area contributed by atoms with Crippen LogP contribution in [0.15, 0.2) is 0 Å². The third-order valence-electron chi connectivity index (χ3n) is 2.42. The number of carbonyl (C=O) groups is 2. The maximum Gasteiger partial charge on any atom is 0.411 e. The van der Waals surface area contributed by atoms with Crippen molar-refractivity contribution in [2.75, 3.05) is 20.3 Å². The molecule has 108 valence electrons. The zero-order valence-corrected chi connectivity index (χ0v) is 12.3. The minimum Gasteiger partial charge on any atom is -0.464 e. The number of terminal acetylenes is 1. The Morgan fingerprint density at radius 2 is 1.79 bits per heavy atom. The molecule has 0 radical (unpaired) electrons. The SMILES string of the molecule is C#CCOC(=O)N(C)C(C(=O)OCC(C)C)C(C)C. The Morgan fingerprint density at radius 1 is 1.21 bits per heavy atom. The number of ether oxygens (including phenoxy) is 2. The molecule has 0 heterocycles. The van der Waals surface area contributed by atoms with Crippen molar-refractivity contribution in [1.29, 1.82) is 0 Å². The van der Waals surface area contributed by atoms with Gasteiger partial charge in [0.05, 0.1) is 6.61 Å². The van der Waals surface area contributed by atoms with Crippen LogP contribution in [0, 0.1) is 24.2 Å². The minimum absolute atomic E-state index is 0.0805. The molecule has 1 amide bonds. The molecule has 0 aliphatic rings. The zero-order valence-electron chi connectivity index (χ0n) is 12.3. The minimum atomic E-state index is -0.677. The normalized spacial score (nSPS) is 11.9. The second kappa shape index (κ2) is 8.41. The van der Waals surface area contributed by atoms with Crippen molar-refractivity contribution < 1.29 is 19.1 Å². The van der Waals surface area contributed by atoms with Gasteiger partial charge in [-0.25, -0.2) is 9.59 Å². The van der Waals surface area contributed by atoms with E-state index in [-0.39, 0.29) is 18.4 Å². The Morgan fingerprint density at radius 3 is 2.21 bits per heavy atom. The van der Waals surface area contributed by atoms with Gasteiger partial charge < -0.3 is 9.47 Å². The molecule has 0 aromatic heterocycles. The fraction of sp³-hybridized carbons (Fsp3) is 0.714. The average molecular weight is 269 g/mol. The second-order valence-corrected chi connectivity index (χ2v) is 5.08. The van der Waals surface area contributed by atoms with E-state index in [4.69, 9.17) is 15.9 Å². The van der Waals surface area contributed by atoms with Gasteiger partial charge in [0.2, 0.25) is 0 Å². The maximum absolute atomic E-state index is 12.0. The molecule has 0 aromatic carbocycles. The molecule has 0 fully saturated rings. The molecular formula is C14H23NO4. The fourth-order valence-electron chi connectivity index (χ4n) is 1.53. The van der Waals surface area contributed by atoms with Gasteiger partial charge in [0.25, 0.3) is 0 Å². The molecule has 0 saturated heterocycles. The molecular weight excluding hydrogens is 246 g/mol. The summed E-state index contributed by atoms with van der Waals surface area (Å²) in [6.07, 6.45) is 4.39. The number of esters is 1. The molecule has 0 aliphatic carbocycles. The van der Waals surface area contributed by atoms with Crippen LogP contribution in [0.5, 0.6) is 0 Å². The standard InChI is InChI=1S/C14H23NO4/c1-7-8-18-14(17)15(6)12(11(4)5)13(16)19-9-10(2)3/h1,10-12H,8-9H2,2-6H3. The molecule has 0 spiro atoms. The van der Waals surface area contributed by atoms with E-state index in [2.05, 4.69) is 5.92 Å². The van der Waals surface area contributed by atoms with Gasteiger partial charge in [0.1, 0.15) is 6.04 Å². The van der Waals surface area contributed by atoms with Crippen molar-refractivity contribution in [2.24, 2.45) is 11.8 Å². The van der Waals surface area contributed by atoms with Crippen LogP contribution in [0.25, 0.3) is 0 Å². The molecule has 0 rings (SSSR count). The molecule has 0 aliphatic heterocycles. The van der Waals surface area contributed by atoms with Crippen molar-refractivity contribution in [2.45, 2.75) is 33.7 Å². The Hall–Kier alpha value is -1.70. The van der Waals surface area contributed by atoms with Gasteiger partial charge in [-0.1, -0.05) is 33.6 Å². The van der Waals surface area contributed by atoms with Crippen LogP contribution in [0.3, 0.4) is 0 Å². The number of amides is 1. The van der Waals surface area contributed by atoms with Crippen LogP contribution in [0.2, 0.25) is 0 Å². The number of rotatable bonds is 6. The molecule has 19 heavy (non-hydrogen) atoms. The largest absolute Gasteiger partial charge is 0.464 e. The van der Waals surface area contributed by atoms with Crippen LogP contribution < -0.4 is 0 Å². The first-order valence-corrected chi connectivity index (χ1v) is 6.30. The Kier molecular flexibility index (Phi) is 7.66. The number of hydrogen-bond donors (Lipinski definition) is 0. The van der Waals surface area contributed by atoms with E-state index in [0.717, 1.165) is 0 Å². The topological polar surface area (TPSA) is 55.8 Å². The number of hydrogen-bond acceptors (Lipinski definition) is 4. The van der Waals surface area contributed by atoms with Crippen LogP contribution in [-0.4, -0.2) is 43.3 Å². The molecule has 0 bridgehead atoms. The van der Waals surface area contributed by atoms with Gasteiger partial charge in [-0.3, -0.25) is 4.90 Å². The average Bonchev–Trinajstić information content (AvgIpc) is 2.32. The molecule has 5 nitrogen and oxygen atoms in total. The summed E-state index contributed by atoms with van der Waals surface area (Å²) < 4.78 is 9.98. The summed E-state index contributed by atoms with van der Waals surface area (Å²) >= 11 is 0. The molecule has 0 saturated carbocycles. The molecule has 0 N–H and O–H groups in total. The number of carbonyl (C=O) groups excluding carboxylic acids is 2. The lowest BCUT2D eigenvalue weighted by molar-refractivity contribution is -0.151. The maximum atomic E-state index is 12.0. The lowest BCUT2D eigenvalue weighted by atomic mass is 10.0. The number of nitrogens with zero attached hydrogens (tertiary/aromatic N) is 1. The fourth-order valence-corrected chi connectivity index (χ4v) is 1.53. The predicted molar refractivity (Wildman–Crippen MR) is 72.4 cm³/mol. The summed E-state index contributed by atoms with van der Waals surface area (Å²) in [7, 11) is 1.50. The third kappa shape index (κ3) is 6.14. The van der Waals surface area contributed by atoms with E-state index in [1.807, 2.05) is 27.7 Å². The molecule has 5 heteroatoms. The van der Waals surface area contributed by atoms with Crippen molar-refractivity contribution in [3.63, 3.8) is 0 Å². The van der Waals surface area contributed by atoms with Crippen molar-refractivity contribution >= 4 is 12.1 Å². The van der Waals surface area contributed by atoms with E-state index < -0.39 is 18.1 Å². The van der Waals surface area contributed by atoms with E-state index in [1.165, 1.54) is 11.9 Å². The molecule has 1 unspecified atom stereocenters. The van der Waals surface area contributed by atoms with E-state index in [1.54, 1.807) is 0 Å². The smallest absolute Gasteiger partial charge is 0.411 e. The van der Waals surface area contributed by atoms with E-state index in [0.29, 0.717) is 6.61 Å². The zero-order chi connectivity index (χ0) is 15.0. The van der Waals surface area contributed by atoms with Crippen LogP contribution in [0.4, 0.5) is 4.79 Å². The van der Waals surface area contributed by atoms with Gasteiger partial charge in [0.15, 0.2) is 6.61 Å². The quantitative estimate of drug-likeness (QED) is 0.546. The Balaban J connectivity index is 4.67. The highest BCUT2D eigenvalue weighted by atomic mass is 16.6. The lowest BCUT2D eigenvalue weighted by Crippen LogP contribution is -2.47. The highest BCUT2D eigenvalue weighted by Gasteiger charge is 2.32. The summed E-state index contributed by atoms with van der Waals surface area (Å²) in [5.41, 5.74) is 0. The Bertz CT molecular complexity index is 344. The van der Waals surface area contributed by atoms with Gasteiger partial charge >= 0.3 is 12.1 Å². The van der Waals surface area contributed by atoms with Crippen molar-refractivity contribution in [3.8, 4) is 12.3 Å². The Labute approximate surface area is 115 Å².